The number of halogens is 5. The fourth-order valence-corrected chi connectivity index (χ4v) is 3.66. The van der Waals surface area contributed by atoms with Crippen LogP contribution >= 0.6 is 36.4 Å². The van der Waals surface area contributed by atoms with E-state index >= 15 is 0 Å². The van der Waals surface area contributed by atoms with E-state index in [-0.39, 0.29) is 52.8 Å². The monoisotopic (exact) mass is 636 g/mol. The Hall–Kier alpha value is -3.33. The number of aromatic carboxylic acids is 1. The molecule has 1 fully saturated rings. The molecule has 224 valence electrons. The zero-order valence-corrected chi connectivity index (χ0v) is 23.9. The summed E-state index contributed by atoms with van der Waals surface area (Å²) in [5.74, 6) is -4.64. The number of rotatable bonds is 8. The van der Waals surface area contributed by atoms with Crippen molar-refractivity contribution in [3.63, 3.8) is 0 Å². The highest BCUT2D eigenvalue weighted by Gasteiger charge is 2.17. The number of nitrogens with zero attached hydrogens (tertiary/aromatic N) is 2. The minimum atomic E-state index is -1.26. The Balaban J connectivity index is 0.000000391. The molecular weight excluding hydrogens is 609 g/mol. The van der Waals surface area contributed by atoms with E-state index in [1.54, 1.807) is 0 Å². The van der Waals surface area contributed by atoms with Crippen molar-refractivity contribution >= 4 is 60.0 Å². The first-order valence-corrected chi connectivity index (χ1v) is 12.2. The van der Waals surface area contributed by atoms with Crippen molar-refractivity contribution in [2.75, 3.05) is 44.7 Å². The highest BCUT2D eigenvalue weighted by Crippen LogP contribution is 2.21. The summed E-state index contributed by atoms with van der Waals surface area (Å²) in [6.45, 7) is 5.50. The largest absolute Gasteiger partial charge is 0.477 e. The number of amides is 2. The number of anilines is 1. The van der Waals surface area contributed by atoms with Crippen LogP contribution in [0.1, 0.15) is 36.8 Å². The third kappa shape index (κ3) is 10.9. The number of H-pyrrole nitrogens is 1. The van der Waals surface area contributed by atoms with Crippen LogP contribution in [-0.4, -0.2) is 77.4 Å². The number of nitrogens with two attached hydrogens (primary N) is 1. The molecule has 2 amide bonds. The van der Waals surface area contributed by atoms with Crippen LogP contribution in [0.5, 0.6) is 0 Å². The molecule has 1 aromatic heterocycles. The number of carboxylic acid groups (broad SMARTS) is 1. The standard InChI is InChI=1S/C14H21N3O2.C11H6ClF2N3O3.2ClH/c15-11-12-1-3-13(4-2-12)14(18)16-5-6-17-7-9-19-10-8-17;12-5-2-7(14)6(13)1-4(5)10(18)15-9-3-8(11(19)20)16-17-9;;/h1-4H,5-11,15H2,(H,16,18);1-3H,(H,19,20)(H2,15,16,17,18);2*1H. The fraction of sp³-hybridized carbons (Fsp3) is 0.280. The molecule has 4 rings (SSSR count). The van der Waals surface area contributed by atoms with Gasteiger partial charge in [-0.3, -0.25) is 19.6 Å². The van der Waals surface area contributed by atoms with E-state index in [1.165, 1.54) is 0 Å². The summed E-state index contributed by atoms with van der Waals surface area (Å²) < 4.78 is 31.2. The predicted octanol–water partition coefficient (Wildman–Crippen LogP) is 3.34. The van der Waals surface area contributed by atoms with E-state index < -0.39 is 23.5 Å². The summed E-state index contributed by atoms with van der Waals surface area (Å²) in [6.07, 6.45) is 0. The lowest BCUT2D eigenvalue weighted by molar-refractivity contribution is 0.0383. The Morgan fingerprint density at radius 2 is 1.68 bits per heavy atom. The molecule has 1 aliphatic rings. The van der Waals surface area contributed by atoms with Crippen LogP contribution in [0.3, 0.4) is 0 Å². The molecule has 6 N–H and O–H groups in total. The molecule has 0 bridgehead atoms. The molecule has 11 nitrogen and oxygen atoms in total. The molecule has 1 saturated heterocycles. The highest BCUT2D eigenvalue weighted by molar-refractivity contribution is 6.34. The Bertz CT molecular complexity index is 1310. The summed E-state index contributed by atoms with van der Waals surface area (Å²) in [5.41, 5.74) is 6.69. The van der Waals surface area contributed by atoms with Crippen LogP contribution in [0.2, 0.25) is 5.02 Å². The Kier molecular flexibility index (Phi) is 15.2. The van der Waals surface area contributed by atoms with E-state index in [0.717, 1.165) is 44.5 Å². The van der Waals surface area contributed by atoms with Crippen molar-refractivity contribution in [3.05, 3.63) is 81.5 Å². The van der Waals surface area contributed by atoms with Crippen molar-refractivity contribution < 1.29 is 33.0 Å². The van der Waals surface area contributed by atoms with Crippen molar-refractivity contribution in [1.29, 1.82) is 0 Å². The van der Waals surface area contributed by atoms with Gasteiger partial charge in [-0.25, -0.2) is 13.6 Å². The van der Waals surface area contributed by atoms with Gasteiger partial charge in [-0.2, -0.15) is 5.10 Å². The second kappa shape index (κ2) is 17.5. The molecule has 2 heterocycles. The van der Waals surface area contributed by atoms with E-state index in [0.29, 0.717) is 30.8 Å². The number of hydrogen-bond donors (Lipinski definition) is 5. The number of nitrogens with one attached hydrogen (secondary N) is 3. The molecule has 0 saturated carbocycles. The first kappa shape index (κ1) is 35.7. The average Bonchev–Trinajstić information content (AvgIpc) is 3.40. The van der Waals surface area contributed by atoms with Crippen LogP contribution in [0.25, 0.3) is 0 Å². The maximum atomic E-state index is 13.1. The Morgan fingerprint density at radius 3 is 2.27 bits per heavy atom. The number of morpholine rings is 1. The van der Waals surface area contributed by atoms with Crippen molar-refractivity contribution in [1.82, 2.24) is 20.4 Å². The average molecular weight is 638 g/mol. The lowest BCUT2D eigenvalue weighted by atomic mass is 10.1. The van der Waals surface area contributed by atoms with Gasteiger partial charge in [0.2, 0.25) is 0 Å². The van der Waals surface area contributed by atoms with Gasteiger partial charge in [-0.05, 0) is 29.8 Å². The molecule has 16 heteroatoms. The molecule has 1 aliphatic heterocycles. The molecule has 0 unspecified atom stereocenters. The highest BCUT2D eigenvalue weighted by atomic mass is 35.5. The van der Waals surface area contributed by atoms with Crippen LogP contribution in [-0.2, 0) is 11.3 Å². The van der Waals surface area contributed by atoms with Crippen molar-refractivity contribution in [2.24, 2.45) is 5.73 Å². The first-order valence-electron chi connectivity index (χ1n) is 11.8. The molecule has 41 heavy (non-hydrogen) atoms. The summed E-state index contributed by atoms with van der Waals surface area (Å²) in [4.78, 5) is 36.6. The summed E-state index contributed by atoms with van der Waals surface area (Å²) >= 11 is 5.63. The number of ether oxygens (including phenoxy) is 1. The van der Waals surface area contributed by atoms with Crippen molar-refractivity contribution in [3.8, 4) is 0 Å². The van der Waals surface area contributed by atoms with Gasteiger partial charge in [0.1, 0.15) is 5.69 Å². The van der Waals surface area contributed by atoms with Crippen LogP contribution in [0.4, 0.5) is 14.6 Å². The lowest BCUT2D eigenvalue weighted by Crippen LogP contribution is -2.41. The number of benzene rings is 2. The molecule has 2 aromatic carbocycles. The third-order valence-corrected chi connectivity index (χ3v) is 5.89. The van der Waals surface area contributed by atoms with Crippen LogP contribution < -0.4 is 16.4 Å². The van der Waals surface area contributed by atoms with Gasteiger partial charge >= 0.3 is 5.97 Å². The van der Waals surface area contributed by atoms with Gasteiger partial charge in [0.25, 0.3) is 11.8 Å². The number of carbonyl (C=O) groups excluding carboxylic acids is 2. The minimum absolute atomic E-state index is 0. The zero-order chi connectivity index (χ0) is 28.4. The van der Waals surface area contributed by atoms with Gasteiger partial charge in [-0.1, -0.05) is 23.7 Å². The first-order chi connectivity index (χ1) is 18.7. The topological polar surface area (TPSA) is 163 Å². The second-order valence-electron chi connectivity index (χ2n) is 8.28. The number of aromatic amines is 1. The SMILES string of the molecule is Cl.Cl.NCc1ccc(C(=O)NCCN2CCOCC2)cc1.O=C(O)c1cc(NC(=O)c2cc(F)c(F)cc2Cl)n[nH]1. The molecule has 0 radical (unpaired) electrons. The van der Waals surface area contributed by atoms with Crippen LogP contribution in [0.15, 0.2) is 42.5 Å². The van der Waals surface area contributed by atoms with E-state index in [4.69, 9.17) is 27.2 Å². The van der Waals surface area contributed by atoms with Crippen LogP contribution in [0, 0.1) is 11.6 Å². The Morgan fingerprint density at radius 1 is 1.05 bits per heavy atom. The van der Waals surface area contributed by atoms with E-state index in [9.17, 15) is 23.2 Å². The maximum absolute atomic E-state index is 13.1. The Labute approximate surface area is 251 Å². The molecule has 3 aromatic rings. The molecule has 0 atom stereocenters. The predicted molar refractivity (Wildman–Crippen MR) is 153 cm³/mol. The van der Waals surface area contributed by atoms with Crippen molar-refractivity contribution in [2.45, 2.75) is 6.54 Å². The molecule has 0 aliphatic carbocycles. The smallest absolute Gasteiger partial charge is 0.353 e. The second-order valence-corrected chi connectivity index (χ2v) is 8.69. The number of aromatic nitrogens is 2. The van der Waals surface area contributed by atoms with Gasteiger partial charge < -0.3 is 26.2 Å². The van der Waals surface area contributed by atoms with Gasteiger partial charge in [0, 0.05) is 44.4 Å². The van der Waals surface area contributed by atoms with Gasteiger partial charge in [0.05, 0.1) is 23.8 Å². The molecule has 0 spiro atoms. The van der Waals surface area contributed by atoms with Gasteiger partial charge in [0.15, 0.2) is 17.5 Å². The quantitative estimate of drug-likeness (QED) is 0.235. The fourth-order valence-electron chi connectivity index (χ4n) is 3.42. The third-order valence-electron chi connectivity index (χ3n) is 5.57. The number of hydrogen-bond acceptors (Lipinski definition) is 7. The molecular formula is C25H29Cl3F2N6O5. The number of carbonyl (C=O) groups is 3. The van der Waals surface area contributed by atoms with E-state index in [1.807, 2.05) is 24.3 Å². The number of carboxylic acids is 1. The minimum Gasteiger partial charge on any atom is -0.477 e. The normalized spacial score (nSPS) is 12.6. The lowest BCUT2D eigenvalue weighted by Gasteiger charge is -2.26. The maximum Gasteiger partial charge on any atom is 0.353 e. The van der Waals surface area contributed by atoms with Gasteiger partial charge in [-0.15, -0.1) is 24.8 Å². The summed E-state index contributed by atoms with van der Waals surface area (Å²) in [5, 5.41) is 19.2. The summed E-state index contributed by atoms with van der Waals surface area (Å²) in [7, 11) is 0. The van der Waals surface area contributed by atoms with E-state index in [2.05, 4.69) is 25.7 Å². The summed E-state index contributed by atoms with van der Waals surface area (Å²) in [6, 6.07) is 9.76. The zero-order valence-electron chi connectivity index (χ0n) is 21.5.